The number of nitrogens with zero attached hydrogens (tertiary/aromatic N) is 5. The molecule has 1 N–H and O–H groups in total. The Morgan fingerprint density at radius 3 is 3.08 bits per heavy atom. The van der Waals surface area contributed by atoms with E-state index in [0.29, 0.717) is 30.4 Å². The summed E-state index contributed by atoms with van der Waals surface area (Å²) in [6.07, 6.45) is 7.98. The van der Waals surface area contributed by atoms with E-state index in [1.54, 1.807) is 17.3 Å². The lowest BCUT2D eigenvalue weighted by Gasteiger charge is -2.12. The summed E-state index contributed by atoms with van der Waals surface area (Å²) < 4.78 is 1.85. The number of carbonyl (C=O) groups excluding carboxylic acids is 2. The number of fused-ring (bicyclic) bond motifs is 1. The van der Waals surface area contributed by atoms with Crippen LogP contribution in [0.4, 0.5) is 5.13 Å². The molecule has 2 amide bonds. The Morgan fingerprint density at radius 2 is 2.28 bits per heavy atom. The van der Waals surface area contributed by atoms with Crippen LogP contribution >= 0.6 is 11.3 Å². The zero-order valence-corrected chi connectivity index (χ0v) is 14.1. The molecule has 0 aliphatic carbocycles. The summed E-state index contributed by atoms with van der Waals surface area (Å²) in [4.78, 5) is 38.7. The lowest BCUT2D eigenvalue weighted by atomic mass is 10.1. The largest absolute Gasteiger partial charge is 0.355 e. The molecule has 1 aliphatic heterocycles. The van der Waals surface area contributed by atoms with Crippen molar-refractivity contribution in [2.24, 2.45) is 5.92 Å². The van der Waals surface area contributed by atoms with Gasteiger partial charge in [0.05, 0.1) is 11.6 Å². The van der Waals surface area contributed by atoms with Gasteiger partial charge < -0.3 is 5.32 Å². The van der Waals surface area contributed by atoms with Crippen molar-refractivity contribution in [1.82, 2.24) is 24.7 Å². The summed E-state index contributed by atoms with van der Waals surface area (Å²) in [6.45, 7) is 0.862. The van der Waals surface area contributed by atoms with E-state index in [2.05, 4.69) is 20.3 Å². The van der Waals surface area contributed by atoms with Gasteiger partial charge in [0.25, 0.3) is 0 Å². The molecular weight excluding hydrogens is 340 g/mol. The van der Waals surface area contributed by atoms with Crippen molar-refractivity contribution >= 4 is 34.1 Å². The Labute approximate surface area is 147 Å². The van der Waals surface area contributed by atoms with Gasteiger partial charge in [-0.25, -0.2) is 15.0 Å². The molecule has 3 aromatic rings. The Morgan fingerprint density at radius 1 is 1.36 bits per heavy atom. The van der Waals surface area contributed by atoms with Crippen LogP contribution in [0.3, 0.4) is 0 Å². The lowest BCUT2D eigenvalue weighted by molar-refractivity contribution is -0.126. The fraction of sp³-hybridized carbons (Fsp3) is 0.312. The molecule has 0 saturated carbocycles. The maximum atomic E-state index is 12.3. The SMILES string of the molecule is O=C(NCCc1cn2cccnc2n1)C1CC(=O)N(c2nccs2)C1. The average Bonchev–Trinajstić information content (AvgIpc) is 3.33. The van der Waals surface area contributed by atoms with Crippen molar-refractivity contribution in [3.05, 3.63) is 41.9 Å². The van der Waals surface area contributed by atoms with Gasteiger partial charge in [0.2, 0.25) is 17.6 Å². The average molecular weight is 356 g/mol. The molecule has 128 valence electrons. The van der Waals surface area contributed by atoms with E-state index >= 15 is 0 Å². The number of anilines is 1. The third-order valence-electron chi connectivity index (χ3n) is 4.11. The van der Waals surface area contributed by atoms with E-state index in [1.807, 2.05) is 28.2 Å². The Kier molecular flexibility index (Phi) is 4.14. The molecule has 1 saturated heterocycles. The summed E-state index contributed by atoms with van der Waals surface area (Å²) >= 11 is 1.40. The summed E-state index contributed by atoms with van der Waals surface area (Å²) in [7, 11) is 0. The molecule has 8 nitrogen and oxygen atoms in total. The number of hydrogen-bond acceptors (Lipinski definition) is 6. The second-order valence-electron chi connectivity index (χ2n) is 5.82. The molecule has 4 heterocycles. The van der Waals surface area contributed by atoms with E-state index in [0.717, 1.165) is 5.69 Å². The Bertz CT molecular complexity index is 873. The summed E-state index contributed by atoms with van der Waals surface area (Å²) in [5.41, 5.74) is 0.867. The molecule has 0 bridgehead atoms. The molecule has 0 radical (unpaired) electrons. The van der Waals surface area contributed by atoms with Gasteiger partial charge in [-0.2, -0.15) is 0 Å². The molecule has 1 atom stereocenters. The van der Waals surface area contributed by atoms with Crippen molar-refractivity contribution in [3.8, 4) is 0 Å². The van der Waals surface area contributed by atoms with Gasteiger partial charge in [-0.15, -0.1) is 11.3 Å². The van der Waals surface area contributed by atoms with Gasteiger partial charge in [0.15, 0.2) is 5.13 Å². The first-order valence-electron chi connectivity index (χ1n) is 7.97. The Hall–Kier alpha value is -2.81. The first-order valence-corrected chi connectivity index (χ1v) is 8.85. The van der Waals surface area contributed by atoms with Gasteiger partial charge in [-0.05, 0) is 6.07 Å². The first kappa shape index (κ1) is 15.7. The number of nitrogens with one attached hydrogen (secondary N) is 1. The van der Waals surface area contributed by atoms with Crippen molar-refractivity contribution in [1.29, 1.82) is 0 Å². The zero-order valence-electron chi connectivity index (χ0n) is 13.3. The molecular formula is C16H16N6O2S. The van der Waals surface area contributed by atoms with E-state index in [1.165, 1.54) is 11.3 Å². The molecule has 3 aromatic heterocycles. The number of imidazole rings is 1. The summed E-state index contributed by atoms with van der Waals surface area (Å²) in [5.74, 6) is 0.152. The van der Waals surface area contributed by atoms with E-state index in [4.69, 9.17) is 0 Å². The molecule has 9 heteroatoms. The predicted octanol–water partition coefficient (Wildman–Crippen LogP) is 0.898. The third kappa shape index (κ3) is 3.22. The second-order valence-corrected chi connectivity index (χ2v) is 6.69. The van der Waals surface area contributed by atoms with Crippen molar-refractivity contribution in [2.75, 3.05) is 18.0 Å². The fourth-order valence-corrected chi connectivity index (χ4v) is 3.54. The smallest absolute Gasteiger partial charge is 0.233 e. The van der Waals surface area contributed by atoms with Crippen LogP contribution in [0, 0.1) is 5.92 Å². The summed E-state index contributed by atoms with van der Waals surface area (Å²) in [6, 6.07) is 1.84. The maximum absolute atomic E-state index is 12.3. The highest BCUT2D eigenvalue weighted by Gasteiger charge is 2.35. The minimum Gasteiger partial charge on any atom is -0.355 e. The molecule has 0 aromatic carbocycles. The van der Waals surface area contributed by atoms with E-state index < -0.39 is 0 Å². The standard InChI is InChI=1S/C16H16N6O2S/c23-13-8-11(9-22(13)16-19-5-7-25-16)14(24)17-4-2-12-10-21-6-1-3-18-15(21)20-12/h1,3,5-7,10-11H,2,4,8-9H2,(H,17,24). The van der Waals surface area contributed by atoms with Crippen LogP contribution in [-0.2, 0) is 16.0 Å². The van der Waals surface area contributed by atoms with Crippen LogP contribution in [0.2, 0.25) is 0 Å². The van der Waals surface area contributed by atoms with Gasteiger partial charge in [0, 0.05) is 56.1 Å². The van der Waals surface area contributed by atoms with Crippen LogP contribution in [0.25, 0.3) is 5.78 Å². The molecule has 1 fully saturated rings. The van der Waals surface area contributed by atoms with Crippen molar-refractivity contribution < 1.29 is 9.59 Å². The highest BCUT2D eigenvalue weighted by atomic mass is 32.1. The number of amides is 2. The van der Waals surface area contributed by atoms with Gasteiger partial charge in [-0.3, -0.25) is 18.9 Å². The number of thiazole rings is 1. The normalized spacial score (nSPS) is 17.4. The third-order valence-corrected chi connectivity index (χ3v) is 4.91. The molecule has 1 unspecified atom stereocenters. The molecule has 4 rings (SSSR count). The lowest BCUT2D eigenvalue weighted by Crippen LogP contribution is -2.34. The Balaban J connectivity index is 1.31. The minimum absolute atomic E-state index is 0.0541. The number of hydrogen-bond donors (Lipinski definition) is 1. The quantitative estimate of drug-likeness (QED) is 0.733. The van der Waals surface area contributed by atoms with Crippen LogP contribution in [-0.4, -0.2) is 44.3 Å². The van der Waals surface area contributed by atoms with Gasteiger partial charge >= 0.3 is 0 Å². The van der Waals surface area contributed by atoms with Crippen LogP contribution in [0.15, 0.2) is 36.2 Å². The number of carbonyl (C=O) groups is 2. The summed E-state index contributed by atoms with van der Waals surface area (Å²) in [5, 5.41) is 5.37. The minimum atomic E-state index is -0.334. The second kappa shape index (κ2) is 6.60. The van der Waals surface area contributed by atoms with E-state index in [9.17, 15) is 9.59 Å². The first-order chi connectivity index (χ1) is 12.2. The van der Waals surface area contributed by atoms with Crippen molar-refractivity contribution in [3.63, 3.8) is 0 Å². The number of aromatic nitrogens is 4. The monoisotopic (exact) mass is 356 g/mol. The highest BCUT2D eigenvalue weighted by molar-refractivity contribution is 7.13. The predicted molar refractivity (Wildman–Crippen MR) is 92.3 cm³/mol. The zero-order chi connectivity index (χ0) is 17.2. The van der Waals surface area contributed by atoms with Gasteiger partial charge in [0.1, 0.15) is 0 Å². The molecule has 1 aliphatic rings. The van der Waals surface area contributed by atoms with Crippen molar-refractivity contribution in [2.45, 2.75) is 12.8 Å². The topological polar surface area (TPSA) is 92.5 Å². The highest BCUT2D eigenvalue weighted by Crippen LogP contribution is 2.26. The van der Waals surface area contributed by atoms with Crippen LogP contribution in [0.1, 0.15) is 12.1 Å². The van der Waals surface area contributed by atoms with Gasteiger partial charge in [-0.1, -0.05) is 0 Å². The fourth-order valence-electron chi connectivity index (χ4n) is 2.88. The maximum Gasteiger partial charge on any atom is 0.233 e. The van der Waals surface area contributed by atoms with Crippen LogP contribution < -0.4 is 10.2 Å². The molecule has 25 heavy (non-hydrogen) atoms. The van der Waals surface area contributed by atoms with Crippen LogP contribution in [0.5, 0.6) is 0 Å². The molecule has 0 spiro atoms. The number of rotatable bonds is 5. The van der Waals surface area contributed by atoms with E-state index in [-0.39, 0.29) is 24.2 Å².